The quantitative estimate of drug-likeness (QED) is 0.517. The van der Waals surface area contributed by atoms with Gasteiger partial charge in [0.05, 0.1) is 16.6 Å². The molecule has 2 heterocycles. The highest BCUT2D eigenvalue weighted by atomic mass is 19.1. The highest BCUT2D eigenvalue weighted by Crippen LogP contribution is 2.26. The summed E-state index contributed by atoms with van der Waals surface area (Å²) in [5.74, 6) is -0.628. The SMILES string of the molecule is N#Cc1ccn2c1c(C(=O)c1ccc(F)cc1)cc1ccccc12. The van der Waals surface area contributed by atoms with E-state index >= 15 is 0 Å². The van der Waals surface area contributed by atoms with Crippen LogP contribution in [-0.4, -0.2) is 10.2 Å². The van der Waals surface area contributed by atoms with Crippen LogP contribution in [0.3, 0.4) is 0 Å². The van der Waals surface area contributed by atoms with Crippen LogP contribution < -0.4 is 0 Å². The average Bonchev–Trinajstić information content (AvgIpc) is 3.05. The summed E-state index contributed by atoms with van der Waals surface area (Å²) < 4.78 is 15.0. The molecule has 0 saturated carbocycles. The first-order valence-corrected chi connectivity index (χ1v) is 7.42. The maximum Gasteiger partial charge on any atom is 0.195 e. The molecule has 0 saturated heterocycles. The standard InChI is InChI=1S/C20H11FN2O/c21-16-7-5-13(6-8-16)20(24)17-11-14-3-1-2-4-18(14)23-10-9-15(12-22)19(17)23/h1-11H. The van der Waals surface area contributed by atoms with E-state index in [9.17, 15) is 14.4 Å². The summed E-state index contributed by atoms with van der Waals surface area (Å²) in [6.45, 7) is 0. The molecule has 2 aromatic carbocycles. The van der Waals surface area contributed by atoms with Crippen LogP contribution in [0.25, 0.3) is 16.4 Å². The number of nitrogens with zero attached hydrogens (tertiary/aromatic N) is 2. The topological polar surface area (TPSA) is 45.3 Å². The highest BCUT2D eigenvalue weighted by molar-refractivity contribution is 6.15. The summed E-state index contributed by atoms with van der Waals surface area (Å²) >= 11 is 0. The minimum Gasteiger partial charge on any atom is -0.315 e. The molecule has 0 spiro atoms. The predicted molar refractivity (Wildman–Crippen MR) is 89.5 cm³/mol. The molecule has 4 aromatic rings. The van der Waals surface area contributed by atoms with Crippen molar-refractivity contribution in [1.29, 1.82) is 5.26 Å². The molecular formula is C20H11FN2O. The minimum absolute atomic E-state index is 0.235. The number of nitriles is 1. The molecular weight excluding hydrogens is 303 g/mol. The second kappa shape index (κ2) is 5.32. The summed E-state index contributed by atoms with van der Waals surface area (Å²) in [6.07, 6.45) is 1.79. The molecule has 4 heteroatoms. The lowest BCUT2D eigenvalue weighted by molar-refractivity contribution is 0.104. The monoisotopic (exact) mass is 314 g/mol. The van der Waals surface area contributed by atoms with Crippen molar-refractivity contribution in [3.8, 4) is 6.07 Å². The number of carbonyl (C=O) groups excluding carboxylic acids is 1. The number of hydrogen-bond acceptors (Lipinski definition) is 2. The van der Waals surface area contributed by atoms with Crippen molar-refractivity contribution in [2.45, 2.75) is 0 Å². The van der Waals surface area contributed by atoms with Crippen LogP contribution >= 0.6 is 0 Å². The van der Waals surface area contributed by atoms with Gasteiger partial charge in [-0.2, -0.15) is 5.26 Å². The fourth-order valence-electron chi connectivity index (χ4n) is 2.98. The zero-order valence-corrected chi connectivity index (χ0v) is 12.5. The van der Waals surface area contributed by atoms with Gasteiger partial charge in [0.15, 0.2) is 5.78 Å². The van der Waals surface area contributed by atoms with E-state index in [1.807, 2.05) is 28.7 Å². The Morgan fingerprint density at radius 3 is 2.54 bits per heavy atom. The van der Waals surface area contributed by atoms with Crippen molar-refractivity contribution >= 4 is 22.2 Å². The summed E-state index contributed by atoms with van der Waals surface area (Å²) in [5.41, 5.74) is 2.75. The molecule has 0 unspecified atom stereocenters. The minimum atomic E-state index is -0.393. The van der Waals surface area contributed by atoms with E-state index in [1.165, 1.54) is 24.3 Å². The first-order valence-electron chi connectivity index (χ1n) is 7.42. The van der Waals surface area contributed by atoms with E-state index in [2.05, 4.69) is 6.07 Å². The summed E-state index contributed by atoms with van der Waals surface area (Å²) in [5, 5.41) is 10.3. The lowest BCUT2D eigenvalue weighted by Gasteiger charge is -2.09. The van der Waals surface area contributed by atoms with Crippen LogP contribution in [0.2, 0.25) is 0 Å². The average molecular weight is 314 g/mol. The largest absolute Gasteiger partial charge is 0.315 e. The smallest absolute Gasteiger partial charge is 0.195 e. The Bertz CT molecular complexity index is 1130. The van der Waals surface area contributed by atoms with Crippen LogP contribution in [0, 0.1) is 17.1 Å². The van der Waals surface area contributed by atoms with E-state index in [0.717, 1.165) is 10.9 Å². The molecule has 0 atom stereocenters. The second-order valence-electron chi connectivity index (χ2n) is 5.51. The number of pyridine rings is 1. The van der Waals surface area contributed by atoms with Gasteiger partial charge in [0.2, 0.25) is 0 Å². The van der Waals surface area contributed by atoms with Crippen LogP contribution in [0.5, 0.6) is 0 Å². The predicted octanol–water partition coefficient (Wildman–Crippen LogP) is 4.33. The van der Waals surface area contributed by atoms with Gasteiger partial charge in [0, 0.05) is 17.3 Å². The number of fused-ring (bicyclic) bond motifs is 3. The zero-order valence-electron chi connectivity index (χ0n) is 12.5. The molecule has 0 aliphatic carbocycles. The van der Waals surface area contributed by atoms with Crippen LogP contribution in [0.15, 0.2) is 66.9 Å². The molecule has 0 radical (unpaired) electrons. The first kappa shape index (κ1) is 14.2. The Labute approximate surface area is 137 Å². The Balaban J connectivity index is 2.05. The molecule has 0 aliphatic rings. The Hall–Kier alpha value is -3.45. The Morgan fingerprint density at radius 2 is 1.79 bits per heavy atom. The van der Waals surface area contributed by atoms with Gasteiger partial charge in [-0.1, -0.05) is 18.2 Å². The first-order chi connectivity index (χ1) is 11.7. The van der Waals surface area contributed by atoms with Gasteiger partial charge in [-0.3, -0.25) is 4.79 Å². The van der Waals surface area contributed by atoms with E-state index in [0.29, 0.717) is 22.2 Å². The number of hydrogen-bond donors (Lipinski definition) is 0. The molecule has 114 valence electrons. The van der Waals surface area contributed by atoms with Gasteiger partial charge in [0.1, 0.15) is 11.9 Å². The lowest BCUT2D eigenvalue weighted by Crippen LogP contribution is -2.05. The number of ketones is 1. The maximum atomic E-state index is 13.1. The van der Waals surface area contributed by atoms with Crippen molar-refractivity contribution in [2.24, 2.45) is 0 Å². The van der Waals surface area contributed by atoms with Crippen LogP contribution in [0.1, 0.15) is 21.5 Å². The lowest BCUT2D eigenvalue weighted by atomic mass is 10.00. The zero-order chi connectivity index (χ0) is 16.7. The summed E-state index contributed by atoms with van der Waals surface area (Å²) in [7, 11) is 0. The van der Waals surface area contributed by atoms with Crippen molar-refractivity contribution in [1.82, 2.24) is 4.40 Å². The van der Waals surface area contributed by atoms with Gasteiger partial charge in [-0.25, -0.2) is 4.39 Å². The van der Waals surface area contributed by atoms with E-state index in [-0.39, 0.29) is 5.78 Å². The fraction of sp³-hybridized carbons (Fsp3) is 0. The molecule has 0 N–H and O–H groups in total. The fourth-order valence-corrected chi connectivity index (χ4v) is 2.98. The third-order valence-electron chi connectivity index (χ3n) is 4.11. The normalized spacial score (nSPS) is 10.8. The summed E-state index contributed by atoms with van der Waals surface area (Å²) in [4.78, 5) is 12.9. The molecule has 0 amide bonds. The van der Waals surface area contributed by atoms with Crippen molar-refractivity contribution in [2.75, 3.05) is 0 Å². The number of carbonyl (C=O) groups is 1. The number of halogens is 1. The molecule has 3 nitrogen and oxygen atoms in total. The Morgan fingerprint density at radius 1 is 1.04 bits per heavy atom. The van der Waals surface area contributed by atoms with Gasteiger partial charge in [-0.05, 0) is 47.9 Å². The maximum absolute atomic E-state index is 13.1. The number of rotatable bonds is 2. The molecule has 0 fully saturated rings. The van der Waals surface area contributed by atoms with Crippen molar-refractivity contribution < 1.29 is 9.18 Å². The molecule has 24 heavy (non-hydrogen) atoms. The van der Waals surface area contributed by atoms with E-state index < -0.39 is 5.82 Å². The van der Waals surface area contributed by atoms with Crippen molar-refractivity contribution in [3.05, 3.63) is 89.4 Å². The molecule has 0 aliphatic heterocycles. The van der Waals surface area contributed by atoms with Crippen LogP contribution in [0.4, 0.5) is 4.39 Å². The molecule has 0 bridgehead atoms. The van der Waals surface area contributed by atoms with E-state index in [4.69, 9.17) is 0 Å². The molecule has 2 aromatic heterocycles. The highest BCUT2D eigenvalue weighted by Gasteiger charge is 2.18. The number of para-hydroxylation sites is 1. The van der Waals surface area contributed by atoms with Crippen LogP contribution in [-0.2, 0) is 0 Å². The van der Waals surface area contributed by atoms with Gasteiger partial charge < -0.3 is 4.40 Å². The summed E-state index contributed by atoms with van der Waals surface area (Å²) in [6, 6.07) is 18.7. The number of benzene rings is 2. The van der Waals surface area contributed by atoms with Gasteiger partial charge in [0.25, 0.3) is 0 Å². The van der Waals surface area contributed by atoms with Gasteiger partial charge >= 0.3 is 0 Å². The third-order valence-corrected chi connectivity index (χ3v) is 4.11. The number of aromatic nitrogens is 1. The Kier molecular flexibility index (Phi) is 3.14. The third kappa shape index (κ3) is 2.07. The second-order valence-corrected chi connectivity index (χ2v) is 5.51. The van der Waals surface area contributed by atoms with Crippen molar-refractivity contribution in [3.63, 3.8) is 0 Å². The van der Waals surface area contributed by atoms with E-state index in [1.54, 1.807) is 18.3 Å². The molecule has 4 rings (SSSR count). The van der Waals surface area contributed by atoms with Gasteiger partial charge in [-0.15, -0.1) is 0 Å².